The highest BCUT2D eigenvalue weighted by Crippen LogP contribution is 2.45. The summed E-state index contributed by atoms with van der Waals surface area (Å²) in [5.74, 6) is -2.84. The predicted molar refractivity (Wildman–Crippen MR) is 129 cm³/mol. The van der Waals surface area contributed by atoms with Crippen molar-refractivity contribution in [2.45, 2.75) is 13.0 Å². The van der Waals surface area contributed by atoms with Gasteiger partial charge < -0.3 is 19.3 Å². The van der Waals surface area contributed by atoms with Gasteiger partial charge in [-0.3, -0.25) is 14.5 Å². The van der Waals surface area contributed by atoms with Gasteiger partial charge in [0.1, 0.15) is 16.5 Å². The molecule has 1 fully saturated rings. The van der Waals surface area contributed by atoms with Crippen LogP contribution in [0.4, 0.5) is 9.52 Å². The van der Waals surface area contributed by atoms with Gasteiger partial charge in [0.2, 0.25) is 0 Å². The van der Waals surface area contributed by atoms with E-state index in [1.54, 1.807) is 25.1 Å². The first-order valence-corrected chi connectivity index (χ1v) is 11.4. The van der Waals surface area contributed by atoms with Crippen LogP contribution in [0, 0.1) is 12.7 Å². The number of hydrogen-bond donors (Lipinski definition) is 1. The van der Waals surface area contributed by atoms with Crippen molar-refractivity contribution < 1.29 is 38.1 Å². The van der Waals surface area contributed by atoms with Crippen molar-refractivity contribution in [1.29, 1.82) is 0 Å². The molecule has 4 rings (SSSR count). The molecule has 2 aromatic carbocycles. The molecule has 9 nitrogen and oxygen atoms in total. The second-order valence-corrected chi connectivity index (χ2v) is 8.67. The third-order valence-electron chi connectivity index (χ3n) is 5.65. The Balaban J connectivity index is 1.96. The zero-order chi connectivity index (χ0) is 26.1. The van der Waals surface area contributed by atoms with Gasteiger partial charge in [0, 0.05) is 5.56 Å². The Hall–Kier alpha value is -4.25. The summed E-state index contributed by atoms with van der Waals surface area (Å²) >= 11 is 0.880. The summed E-state index contributed by atoms with van der Waals surface area (Å²) in [7, 11) is 4.12. The molecule has 0 aliphatic carbocycles. The number of aromatic nitrogens is 1. The van der Waals surface area contributed by atoms with E-state index in [1.807, 2.05) is 0 Å². The van der Waals surface area contributed by atoms with Crippen LogP contribution in [0.5, 0.6) is 11.5 Å². The molecule has 1 aliphatic heterocycles. The van der Waals surface area contributed by atoms with Crippen molar-refractivity contribution in [2.24, 2.45) is 0 Å². The average Bonchev–Trinajstić information content (AvgIpc) is 3.39. The van der Waals surface area contributed by atoms with Crippen LogP contribution in [-0.2, 0) is 14.3 Å². The number of anilines is 1. The van der Waals surface area contributed by atoms with Crippen molar-refractivity contribution in [1.82, 2.24) is 4.98 Å². The summed E-state index contributed by atoms with van der Waals surface area (Å²) < 4.78 is 28.9. The summed E-state index contributed by atoms with van der Waals surface area (Å²) in [6.45, 7) is 1.58. The Bertz CT molecular complexity index is 1400. The molecule has 2 heterocycles. The molecule has 36 heavy (non-hydrogen) atoms. The smallest absolute Gasteiger partial charge is 0.350 e. The molecular weight excluding hydrogens is 491 g/mol. The molecular formula is C25H21FN2O7S. The first kappa shape index (κ1) is 24.9. The van der Waals surface area contributed by atoms with Gasteiger partial charge in [-0.1, -0.05) is 17.4 Å². The van der Waals surface area contributed by atoms with E-state index in [9.17, 15) is 23.9 Å². The monoisotopic (exact) mass is 512 g/mol. The number of rotatable bonds is 6. The predicted octanol–water partition coefficient (Wildman–Crippen LogP) is 4.02. The number of benzene rings is 2. The first-order valence-electron chi connectivity index (χ1n) is 10.6. The second-order valence-electron chi connectivity index (χ2n) is 7.69. The second kappa shape index (κ2) is 9.78. The van der Waals surface area contributed by atoms with Crippen LogP contribution in [0.2, 0.25) is 0 Å². The van der Waals surface area contributed by atoms with Crippen LogP contribution in [0.3, 0.4) is 0 Å². The van der Waals surface area contributed by atoms with Gasteiger partial charge in [-0.05, 0) is 48.9 Å². The summed E-state index contributed by atoms with van der Waals surface area (Å²) in [5, 5.41) is 11.2. The zero-order valence-electron chi connectivity index (χ0n) is 19.7. The number of thiazole rings is 1. The fourth-order valence-corrected chi connectivity index (χ4v) is 4.91. The Morgan fingerprint density at radius 1 is 1.06 bits per heavy atom. The number of ketones is 1. The SMILES string of the molecule is COC(=O)c1sc(N2C(=O)C(=O)/C(=C(/O)c3ccc(F)cc3)C2c2ccc(OC)c(OC)c2)nc1C. The average molecular weight is 513 g/mol. The van der Waals surface area contributed by atoms with Crippen molar-refractivity contribution in [3.8, 4) is 11.5 Å². The Kier molecular flexibility index (Phi) is 6.75. The minimum Gasteiger partial charge on any atom is -0.507 e. The Labute approximate surface area is 209 Å². The lowest BCUT2D eigenvalue weighted by molar-refractivity contribution is -0.132. The molecule has 1 saturated heterocycles. The van der Waals surface area contributed by atoms with Crippen LogP contribution in [-0.4, -0.2) is 49.1 Å². The summed E-state index contributed by atoms with van der Waals surface area (Å²) in [4.78, 5) is 44.3. The lowest BCUT2D eigenvalue weighted by atomic mass is 9.95. The van der Waals surface area contributed by atoms with Gasteiger partial charge in [-0.15, -0.1) is 0 Å². The van der Waals surface area contributed by atoms with Crippen LogP contribution < -0.4 is 14.4 Å². The molecule has 1 aromatic heterocycles. The fourth-order valence-electron chi connectivity index (χ4n) is 3.90. The number of esters is 1. The topological polar surface area (TPSA) is 115 Å². The number of nitrogens with zero attached hydrogens (tertiary/aromatic N) is 2. The number of aliphatic hydroxyl groups excluding tert-OH is 1. The number of ether oxygens (including phenoxy) is 3. The Morgan fingerprint density at radius 3 is 2.33 bits per heavy atom. The summed E-state index contributed by atoms with van der Waals surface area (Å²) in [6.07, 6.45) is 0. The molecule has 1 aliphatic rings. The zero-order valence-corrected chi connectivity index (χ0v) is 20.5. The van der Waals surface area contributed by atoms with Crippen LogP contribution in [0.25, 0.3) is 5.76 Å². The van der Waals surface area contributed by atoms with Gasteiger partial charge in [0.15, 0.2) is 16.6 Å². The Morgan fingerprint density at radius 2 is 1.72 bits per heavy atom. The molecule has 11 heteroatoms. The van der Waals surface area contributed by atoms with Crippen molar-refractivity contribution in [2.75, 3.05) is 26.2 Å². The maximum atomic E-state index is 13.5. The van der Waals surface area contributed by atoms with Crippen LogP contribution in [0.1, 0.15) is 32.5 Å². The lowest BCUT2D eigenvalue weighted by Crippen LogP contribution is -2.29. The molecule has 186 valence electrons. The molecule has 3 aromatic rings. The number of aryl methyl sites for hydroxylation is 1. The van der Waals surface area contributed by atoms with Gasteiger partial charge in [0.25, 0.3) is 5.78 Å². The van der Waals surface area contributed by atoms with Gasteiger partial charge in [-0.2, -0.15) is 0 Å². The maximum Gasteiger partial charge on any atom is 0.350 e. The van der Waals surface area contributed by atoms with E-state index in [-0.39, 0.29) is 21.1 Å². The summed E-state index contributed by atoms with van der Waals surface area (Å²) in [5.41, 5.74) is 0.632. The lowest BCUT2D eigenvalue weighted by Gasteiger charge is -2.23. The number of carbonyl (C=O) groups excluding carboxylic acids is 3. The van der Waals surface area contributed by atoms with E-state index in [0.717, 1.165) is 28.4 Å². The standard InChI is InChI=1S/C25H21FN2O7S/c1-12-22(24(32)35-4)36-25(27-12)28-19(14-7-10-16(33-2)17(11-14)34-3)18(21(30)23(28)31)20(29)13-5-8-15(26)9-6-13/h5-11,19,29H,1-4H3/b20-18+. The highest BCUT2D eigenvalue weighted by molar-refractivity contribution is 7.17. The van der Waals surface area contributed by atoms with Gasteiger partial charge in [0.05, 0.1) is 38.6 Å². The largest absolute Gasteiger partial charge is 0.507 e. The minimum absolute atomic E-state index is 0.0629. The maximum absolute atomic E-state index is 13.5. The van der Waals surface area contributed by atoms with E-state index >= 15 is 0 Å². The number of carbonyl (C=O) groups is 3. The van der Waals surface area contributed by atoms with Crippen molar-refractivity contribution >= 4 is 39.9 Å². The quantitative estimate of drug-likeness (QED) is 0.228. The number of hydrogen-bond acceptors (Lipinski definition) is 9. The third kappa shape index (κ3) is 4.17. The highest BCUT2D eigenvalue weighted by atomic mass is 32.1. The molecule has 1 N–H and O–H groups in total. The number of aliphatic hydroxyl groups is 1. The molecule has 1 unspecified atom stereocenters. The molecule has 0 radical (unpaired) electrons. The summed E-state index contributed by atoms with van der Waals surface area (Å²) in [6, 6.07) is 8.50. The van der Waals surface area contributed by atoms with E-state index in [4.69, 9.17) is 14.2 Å². The number of methoxy groups -OCH3 is 3. The number of amides is 1. The van der Waals surface area contributed by atoms with Gasteiger partial charge in [-0.25, -0.2) is 14.2 Å². The third-order valence-corrected chi connectivity index (χ3v) is 6.78. The number of Topliss-reactive ketones (excluding diaryl/α,β-unsaturated/α-hetero) is 1. The number of halogens is 1. The highest BCUT2D eigenvalue weighted by Gasteiger charge is 2.48. The van der Waals surface area contributed by atoms with Crippen molar-refractivity contribution in [3.05, 3.63) is 75.6 Å². The van der Waals surface area contributed by atoms with Crippen molar-refractivity contribution in [3.63, 3.8) is 0 Å². The minimum atomic E-state index is -1.13. The molecule has 0 spiro atoms. The first-order chi connectivity index (χ1) is 17.2. The van der Waals surface area contributed by atoms with E-state index in [0.29, 0.717) is 22.8 Å². The van der Waals surface area contributed by atoms with Crippen LogP contribution >= 0.6 is 11.3 Å². The van der Waals surface area contributed by atoms with E-state index < -0.39 is 35.3 Å². The van der Waals surface area contributed by atoms with E-state index in [1.165, 1.54) is 33.5 Å². The molecule has 1 atom stereocenters. The molecule has 0 saturated carbocycles. The normalized spacial score (nSPS) is 16.8. The fraction of sp³-hybridized carbons (Fsp3) is 0.200. The molecule has 1 amide bonds. The molecule has 0 bridgehead atoms. The van der Waals surface area contributed by atoms with Gasteiger partial charge >= 0.3 is 11.9 Å². The van der Waals surface area contributed by atoms with Crippen LogP contribution in [0.15, 0.2) is 48.0 Å². The van der Waals surface area contributed by atoms with E-state index in [2.05, 4.69) is 4.98 Å².